The fourth-order valence-corrected chi connectivity index (χ4v) is 3.67. The molecule has 0 saturated carbocycles. The van der Waals surface area contributed by atoms with Crippen molar-refractivity contribution in [3.8, 4) is 0 Å². The number of rotatable bonds is 2. The third-order valence-corrected chi connectivity index (χ3v) is 4.92. The molecular formula is C15H24N4O. The number of nitrogens with one attached hydrogen (secondary N) is 1. The van der Waals surface area contributed by atoms with Gasteiger partial charge in [-0.25, -0.2) is 0 Å². The van der Waals surface area contributed by atoms with E-state index in [2.05, 4.69) is 22.0 Å². The fraction of sp³-hybridized carbons (Fsp3) is 0.733. The summed E-state index contributed by atoms with van der Waals surface area (Å²) < 4.78 is 0. The molecule has 0 spiro atoms. The molecule has 1 N–H and O–H groups in total. The lowest BCUT2D eigenvalue weighted by molar-refractivity contribution is -0.130. The van der Waals surface area contributed by atoms with Crippen molar-refractivity contribution in [1.29, 1.82) is 0 Å². The zero-order valence-electron chi connectivity index (χ0n) is 12.4. The van der Waals surface area contributed by atoms with Crippen LogP contribution in [-0.2, 0) is 4.79 Å². The Morgan fingerprint density at radius 2 is 2.05 bits per heavy atom. The maximum Gasteiger partial charge on any atom is 0.219 e. The van der Waals surface area contributed by atoms with Gasteiger partial charge in [-0.3, -0.25) is 14.8 Å². The van der Waals surface area contributed by atoms with Crippen molar-refractivity contribution >= 4 is 5.91 Å². The lowest BCUT2D eigenvalue weighted by Gasteiger charge is -2.36. The SMILES string of the molecule is CC(=O)N1CCC(N2CC[C@@H](c3[nH]ncc3C)C2)CC1. The van der Waals surface area contributed by atoms with Gasteiger partial charge in [-0.05, 0) is 38.3 Å². The first-order chi connectivity index (χ1) is 9.65. The van der Waals surface area contributed by atoms with Crippen LogP contribution in [0, 0.1) is 6.92 Å². The van der Waals surface area contributed by atoms with Gasteiger partial charge >= 0.3 is 0 Å². The Balaban J connectivity index is 1.56. The topological polar surface area (TPSA) is 52.2 Å². The molecule has 2 fully saturated rings. The van der Waals surface area contributed by atoms with E-state index in [0.29, 0.717) is 12.0 Å². The number of carbonyl (C=O) groups excluding carboxylic acids is 1. The molecule has 1 atom stereocenters. The molecule has 0 aromatic carbocycles. The van der Waals surface area contributed by atoms with E-state index in [4.69, 9.17) is 0 Å². The third-order valence-electron chi connectivity index (χ3n) is 4.92. The van der Waals surface area contributed by atoms with Gasteiger partial charge in [0.2, 0.25) is 5.91 Å². The van der Waals surface area contributed by atoms with Crippen LogP contribution in [0.4, 0.5) is 0 Å². The van der Waals surface area contributed by atoms with Gasteiger partial charge in [-0.15, -0.1) is 0 Å². The van der Waals surface area contributed by atoms with Crippen molar-refractivity contribution in [2.45, 2.75) is 45.1 Å². The van der Waals surface area contributed by atoms with Gasteiger partial charge in [0.15, 0.2) is 0 Å². The van der Waals surface area contributed by atoms with Gasteiger partial charge < -0.3 is 4.90 Å². The molecule has 2 aliphatic rings. The Kier molecular flexibility index (Phi) is 3.78. The summed E-state index contributed by atoms with van der Waals surface area (Å²) in [5.74, 6) is 0.819. The number of H-pyrrole nitrogens is 1. The zero-order valence-corrected chi connectivity index (χ0v) is 12.4. The van der Waals surface area contributed by atoms with E-state index >= 15 is 0 Å². The summed E-state index contributed by atoms with van der Waals surface area (Å²) in [5.41, 5.74) is 2.59. The molecule has 2 saturated heterocycles. The predicted molar refractivity (Wildman–Crippen MR) is 77.5 cm³/mol. The molecule has 3 heterocycles. The van der Waals surface area contributed by atoms with Crippen molar-refractivity contribution in [2.75, 3.05) is 26.2 Å². The van der Waals surface area contributed by atoms with E-state index in [1.165, 1.54) is 24.2 Å². The first kappa shape index (κ1) is 13.6. The number of hydrogen-bond donors (Lipinski definition) is 1. The number of piperidine rings is 1. The van der Waals surface area contributed by atoms with Gasteiger partial charge in [0.1, 0.15) is 0 Å². The maximum atomic E-state index is 11.4. The second-order valence-electron chi connectivity index (χ2n) is 6.18. The molecule has 5 heteroatoms. The van der Waals surface area contributed by atoms with Crippen molar-refractivity contribution in [1.82, 2.24) is 20.0 Å². The lowest BCUT2D eigenvalue weighted by Crippen LogP contribution is -2.45. The Bertz CT molecular complexity index is 476. The number of aromatic amines is 1. The Morgan fingerprint density at radius 3 is 2.65 bits per heavy atom. The van der Waals surface area contributed by atoms with Gasteiger partial charge in [0.25, 0.3) is 0 Å². The van der Waals surface area contributed by atoms with Crippen LogP contribution in [0.1, 0.15) is 43.4 Å². The highest BCUT2D eigenvalue weighted by molar-refractivity contribution is 5.73. The smallest absolute Gasteiger partial charge is 0.219 e. The van der Waals surface area contributed by atoms with E-state index in [1.54, 1.807) is 6.92 Å². The van der Waals surface area contributed by atoms with Gasteiger partial charge in [-0.2, -0.15) is 5.10 Å². The number of amides is 1. The minimum atomic E-state index is 0.218. The average molecular weight is 276 g/mol. The Hall–Kier alpha value is -1.36. The maximum absolute atomic E-state index is 11.4. The number of carbonyl (C=O) groups is 1. The Labute approximate surface area is 120 Å². The van der Waals surface area contributed by atoms with Crippen LogP contribution in [0.5, 0.6) is 0 Å². The summed E-state index contributed by atoms with van der Waals surface area (Å²) in [4.78, 5) is 16.0. The van der Waals surface area contributed by atoms with E-state index < -0.39 is 0 Å². The molecule has 1 aromatic heterocycles. The van der Waals surface area contributed by atoms with Crippen LogP contribution in [0.15, 0.2) is 6.20 Å². The summed E-state index contributed by atoms with van der Waals surface area (Å²) in [6, 6.07) is 0.652. The molecular weight excluding hydrogens is 252 g/mol. The third kappa shape index (κ3) is 2.59. The molecule has 5 nitrogen and oxygen atoms in total. The first-order valence-electron chi connectivity index (χ1n) is 7.64. The summed E-state index contributed by atoms with van der Waals surface area (Å²) in [5, 5.41) is 7.31. The normalized spacial score (nSPS) is 25.3. The van der Waals surface area contributed by atoms with Crippen LogP contribution in [0.25, 0.3) is 0 Å². The van der Waals surface area contributed by atoms with Gasteiger partial charge in [-0.1, -0.05) is 0 Å². The minimum Gasteiger partial charge on any atom is -0.343 e. The molecule has 0 radical (unpaired) electrons. The average Bonchev–Trinajstić information content (AvgIpc) is 3.07. The van der Waals surface area contributed by atoms with Crippen LogP contribution < -0.4 is 0 Å². The van der Waals surface area contributed by atoms with E-state index in [0.717, 1.165) is 32.5 Å². The number of aromatic nitrogens is 2. The van der Waals surface area contributed by atoms with Crippen LogP contribution in [0.3, 0.4) is 0 Å². The van der Waals surface area contributed by atoms with Crippen LogP contribution in [0.2, 0.25) is 0 Å². The largest absolute Gasteiger partial charge is 0.343 e. The molecule has 20 heavy (non-hydrogen) atoms. The summed E-state index contributed by atoms with van der Waals surface area (Å²) >= 11 is 0. The molecule has 0 unspecified atom stereocenters. The van der Waals surface area contributed by atoms with Gasteiger partial charge in [0, 0.05) is 44.2 Å². The number of aryl methyl sites for hydroxylation is 1. The number of hydrogen-bond acceptors (Lipinski definition) is 3. The molecule has 3 rings (SSSR count). The first-order valence-corrected chi connectivity index (χ1v) is 7.64. The monoisotopic (exact) mass is 276 g/mol. The summed E-state index contributed by atoms with van der Waals surface area (Å²) in [6.07, 6.45) is 5.38. The molecule has 0 aliphatic carbocycles. The molecule has 2 aliphatic heterocycles. The van der Waals surface area contributed by atoms with Crippen molar-refractivity contribution in [3.05, 3.63) is 17.5 Å². The van der Waals surface area contributed by atoms with Crippen LogP contribution in [-0.4, -0.2) is 58.1 Å². The number of nitrogens with zero attached hydrogens (tertiary/aromatic N) is 3. The van der Waals surface area contributed by atoms with Crippen LogP contribution >= 0.6 is 0 Å². The van der Waals surface area contributed by atoms with Crippen molar-refractivity contribution in [3.63, 3.8) is 0 Å². The Morgan fingerprint density at radius 1 is 1.30 bits per heavy atom. The second-order valence-corrected chi connectivity index (χ2v) is 6.18. The highest BCUT2D eigenvalue weighted by Crippen LogP contribution is 2.31. The van der Waals surface area contributed by atoms with Crippen molar-refractivity contribution in [2.24, 2.45) is 0 Å². The summed E-state index contributed by atoms with van der Waals surface area (Å²) in [7, 11) is 0. The minimum absolute atomic E-state index is 0.218. The highest BCUT2D eigenvalue weighted by Gasteiger charge is 2.32. The second kappa shape index (κ2) is 5.56. The molecule has 1 amide bonds. The quantitative estimate of drug-likeness (QED) is 0.891. The van der Waals surface area contributed by atoms with Gasteiger partial charge in [0.05, 0.1) is 6.20 Å². The van der Waals surface area contributed by atoms with E-state index in [9.17, 15) is 4.79 Å². The van der Waals surface area contributed by atoms with E-state index in [-0.39, 0.29) is 5.91 Å². The standard InChI is InChI=1S/C15H24N4O/c1-11-9-16-17-15(11)13-3-6-19(10-13)14-4-7-18(8-5-14)12(2)20/h9,13-14H,3-8,10H2,1-2H3,(H,16,17)/t13-/m1/s1. The molecule has 1 aromatic rings. The van der Waals surface area contributed by atoms with E-state index in [1.807, 2.05) is 11.1 Å². The number of likely N-dealkylation sites (tertiary alicyclic amines) is 2. The van der Waals surface area contributed by atoms with Crippen molar-refractivity contribution < 1.29 is 4.79 Å². The zero-order chi connectivity index (χ0) is 14.1. The molecule has 110 valence electrons. The highest BCUT2D eigenvalue weighted by atomic mass is 16.2. The fourth-order valence-electron chi connectivity index (χ4n) is 3.67. The lowest BCUT2D eigenvalue weighted by atomic mass is 10.0. The molecule has 0 bridgehead atoms. The predicted octanol–water partition coefficient (Wildman–Crippen LogP) is 1.52. The summed E-state index contributed by atoms with van der Waals surface area (Å²) in [6.45, 7) is 7.95.